The second kappa shape index (κ2) is 6.87. The SMILES string of the molecule is CCCC(CCC)c1nc(-c2ccc3c(c2)C(C)(C)CC3(C)C)cs1. The van der Waals surface area contributed by atoms with Gasteiger partial charge < -0.3 is 0 Å². The fraction of sp³-hybridized carbons (Fsp3) is 0.609. The Morgan fingerprint density at radius 1 is 1.00 bits per heavy atom. The molecule has 0 bridgehead atoms. The smallest absolute Gasteiger partial charge is 0.0963 e. The van der Waals surface area contributed by atoms with E-state index in [1.807, 2.05) is 11.3 Å². The van der Waals surface area contributed by atoms with Crippen LogP contribution >= 0.6 is 11.3 Å². The Bertz CT molecular complexity index is 732. The molecule has 1 heterocycles. The average Bonchev–Trinajstić information content (AvgIpc) is 3.09. The van der Waals surface area contributed by atoms with Gasteiger partial charge in [0.15, 0.2) is 0 Å². The summed E-state index contributed by atoms with van der Waals surface area (Å²) in [7, 11) is 0. The quantitative estimate of drug-likeness (QED) is 0.524. The maximum Gasteiger partial charge on any atom is 0.0963 e. The highest BCUT2D eigenvalue weighted by atomic mass is 32.1. The lowest BCUT2D eigenvalue weighted by Crippen LogP contribution is -2.17. The van der Waals surface area contributed by atoms with E-state index in [0.717, 1.165) is 0 Å². The molecule has 25 heavy (non-hydrogen) atoms. The number of rotatable bonds is 6. The van der Waals surface area contributed by atoms with Crippen LogP contribution in [0.25, 0.3) is 11.3 Å². The van der Waals surface area contributed by atoms with Crippen LogP contribution in [0.15, 0.2) is 23.6 Å². The predicted octanol–water partition coefficient (Wildman–Crippen LogP) is 7.45. The molecule has 3 rings (SSSR count). The van der Waals surface area contributed by atoms with Gasteiger partial charge in [0.1, 0.15) is 0 Å². The Morgan fingerprint density at radius 3 is 2.28 bits per heavy atom. The number of benzene rings is 1. The lowest BCUT2D eigenvalue weighted by molar-refractivity contribution is 0.403. The van der Waals surface area contributed by atoms with Crippen molar-refractivity contribution in [1.29, 1.82) is 0 Å². The largest absolute Gasteiger partial charge is 0.241 e. The molecule has 0 radical (unpaired) electrons. The fourth-order valence-electron chi connectivity index (χ4n) is 4.84. The summed E-state index contributed by atoms with van der Waals surface area (Å²) in [5.41, 5.74) is 6.02. The molecule has 1 aromatic heterocycles. The molecule has 0 spiro atoms. The molecule has 0 amide bonds. The van der Waals surface area contributed by atoms with E-state index in [1.54, 1.807) is 0 Å². The molecule has 2 aromatic rings. The van der Waals surface area contributed by atoms with Gasteiger partial charge in [-0.25, -0.2) is 4.98 Å². The van der Waals surface area contributed by atoms with Crippen molar-refractivity contribution in [3.05, 3.63) is 39.7 Å². The maximum absolute atomic E-state index is 5.05. The summed E-state index contributed by atoms with van der Waals surface area (Å²) >= 11 is 1.85. The predicted molar refractivity (Wildman–Crippen MR) is 111 cm³/mol. The van der Waals surface area contributed by atoms with Crippen LogP contribution in [-0.4, -0.2) is 4.98 Å². The second-order valence-corrected chi connectivity index (χ2v) is 9.94. The average molecular weight is 356 g/mol. The van der Waals surface area contributed by atoms with Gasteiger partial charge in [-0.2, -0.15) is 0 Å². The van der Waals surface area contributed by atoms with Crippen molar-refractivity contribution in [2.45, 2.75) is 90.4 Å². The lowest BCUT2D eigenvalue weighted by atomic mass is 9.82. The molecule has 0 atom stereocenters. The van der Waals surface area contributed by atoms with Crippen molar-refractivity contribution in [2.24, 2.45) is 0 Å². The molecular weight excluding hydrogens is 322 g/mol. The van der Waals surface area contributed by atoms with Crippen LogP contribution in [0.4, 0.5) is 0 Å². The van der Waals surface area contributed by atoms with Crippen molar-refractivity contribution in [3.63, 3.8) is 0 Å². The van der Waals surface area contributed by atoms with E-state index in [4.69, 9.17) is 4.98 Å². The summed E-state index contributed by atoms with van der Waals surface area (Å²) in [6.45, 7) is 14.1. The summed E-state index contributed by atoms with van der Waals surface area (Å²) in [5, 5.41) is 3.60. The van der Waals surface area contributed by atoms with E-state index in [0.29, 0.717) is 5.92 Å². The second-order valence-electron chi connectivity index (χ2n) is 9.05. The fourth-order valence-corrected chi connectivity index (χ4v) is 5.85. The van der Waals surface area contributed by atoms with E-state index in [9.17, 15) is 0 Å². The maximum atomic E-state index is 5.05. The van der Waals surface area contributed by atoms with Crippen molar-refractivity contribution in [1.82, 2.24) is 4.98 Å². The number of hydrogen-bond acceptors (Lipinski definition) is 2. The number of hydrogen-bond donors (Lipinski definition) is 0. The Kier molecular flexibility index (Phi) is 5.12. The van der Waals surface area contributed by atoms with E-state index >= 15 is 0 Å². The molecule has 136 valence electrons. The lowest BCUT2D eigenvalue weighted by Gasteiger charge is -2.22. The number of fused-ring (bicyclic) bond motifs is 1. The highest BCUT2D eigenvalue weighted by Crippen LogP contribution is 2.50. The third kappa shape index (κ3) is 3.56. The third-order valence-electron chi connectivity index (χ3n) is 5.80. The molecule has 1 nitrogen and oxygen atoms in total. The van der Waals surface area contributed by atoms with Crippen LogP contribution in [0.1, 0.15) is 95.7 Å². The zero-order chi connectivity index (χ0) is 18.2. The third-order valence-corrected chi connectivity index (χ3v) is 6.81. The molecule has 0 N–H and O–H groups in total. The van der Waals surface area contributed by atoms with Gasteiger partial charge in [0, 0.05) is 16.9 Å². The van der Waals surface area contributed by atoms with Crippen LogP contribution in [-0.2, 0) is 10.8 Å². The van der Waals surface area contributed by atoms with Gasteiger partial charge >= 0.3 is 0 Å². The minimum absolute atomic E-state index is 0.251. The number of aromatic nitrogens is 1. The van der Waals surface area contributed by atoms with Crippen LogP contribution in [0.3, 0.4) is 0 Å². The van der Waals surface area contributed by atoms with Gasteiger partial charge in [0.2, 0.25) is 0 Å². The first kappa shape index (κ1) is 18.6. The molecular formula is C23H33NS. The monoisotopic (exact) mass is 355 g/mol. The minimum atomic E-state index is 0.251. The number of nitrogens with zero attached hydrogens (tertiary/aromatic N) is 1. The van der Waals surface area contributed by atoms with Crippen molar-refractivity contribution >= 4 is 11.3 Å². The summed E-state index contributed by atoms with van der Waals surface area (Å²) < 4.78 is 0. The Morgan fingerprint density at radius 2 is 1.64 bits per heavy atom. The topological polar surface area (TPSA) is 12.9 Å². The van der Waals surface area contributed by atoms with Gasteiger partial charge in [0.25, 0.3) is 0 Å². The first-order valence-corrected chi connectivity index (χ1v) is 10.8. The van der Waals surface area contributed by atoms with Crippen molar-refractivity contribution in [2.75, 3.05) is 0 Å². The van der Waals surface area contributed by atoms with E-state index in [1.165, 1.54) is 59.5 Å². The molecule has 0 saturated heterocycles. The van der Waals surface area contributed by atoms with Crippen LogP contribution in [0.2, 0.25) is 0 Å². The first-order chi connectivity index (χ1) is 11.8. The molecule has 0 aliphatic heterocycles. The zero-order valence-electron chi connectivity index (χ0n) is 16.8. The Balaban J connectivity index is 1.94. The highest BCUT2D eigenvalue weighted by Gasteiger charge is 2.41. The summed E-state index contributed by atoms with van der Waals surface area (Å²) in [6, 6.07) is 7.06. The highest BCUT2D eigenvalue weighted by molar-refractivity contribution is 7.10. The molecule has 0 fully saturated rings. The van der Waals surface area contributed by atoms with Crippen LogP contribution in [0, 0.1) is 0 Å². The first-order valence-electron chi connectivity index (χ1n) is 9.89. The van der Waals surface area contributed by atoms with E-state index in [2.05, 4.69) is 65.1 Å². The molecule has 2 heteroatoms. The normalized spacial score (nSPS) is 17.9. The van der Waals surface area contributed by atoms with Crippen LogP contribution in [0.5, 0.6) is 0 Å². The Hall–Kier alpha value is -1.15. The van der Waals surface area contributed by atoms with Gasteiger partial charge in [-0.15, -0.1) is 11.3 Å². The van der Waals surface area contributed by atoms with Crippen molar-refractivity contribution in [3.8, 4) is 11.3 Å². The standard InChI is InChI=1S/C23H33NS/c1-7-9-16(10-8-2)21-24-20(14-25-21)17-11-12-18-19(13-17)23(5,6)15-22(18,3)4/h11-14,16H,7-10,15H2,1-6H3. The number of thiazole rings is 1. The van der Waals surface area contributed by atoms with Gasteiger partial charge in [-0.3, -0.25) is 0 Å². The van der Waals surface area contributed by atoms with Gasteiger partial charge in [-0.05, 0) is 47.3 Å². The summed E-state index contributed by atoms with van der Waals surface area (Å²) in [5.74, 6) is 0.638. The Labute approximate surface area is 157 Å². The van der Waals surface area contributed by atoms with Crippen LogP contribution < -0.4 is 0 Å². The summed E-state index contributed by atoms with van der Waals surface area (Å²) in [6.07, 6.45) is 6.21. The summed E-state index contributed by atoms with van der Waals surface area (Å²) in [4.78, 5) is 5.05. The minimum Gasteiger partial charge on any atom is -0.241 e. The molecule has 0 saturated carbocycles. The molecule has 0 unspecified atom stereocenters. The molecule has 1 aliphatic rings. The van der Waals surface area contributed by atoms with E-state index in [-0.39, 0.29) is 10.8 Å². The molecule has 1 aromatic carbocycles. The van der Waals surface area contributed by atoms with Gasteiger partial charge in [-0.1, -0.05) is 66.5 Å². The molecule has 1 aliphatic carbocycles. The van der Waals surface area contributed by atoms with Gasteiger partial charge in [0.05, 0.1) is 10.7 Å². The zero-order valence-corrected chi connectivity index (χ0v) is 17.6. The van der Waals surface area contributed by atoms with E-state index < -0.39 is 0 Å². The van der Waals surface area contributed by atoms with Crippen molar-refractivity contribution < 1.29 is 0 Å².